The molecule has 146 valence electrons. The summed E-state index contributed by atoms with van der Waals surface area (Å²) in [4.78, 5) is 25.0. The minimum Gasteiger partial charge on any atom is -0.461 e. The fourth-order valence-electron chi connectivity index (χ4n) is 3.66. The number of thiophene rings is 1. The van der Waals surface area contributed by atoms with Crippen LogP contribution in [-0.4, -0.2) is 28.6 Å². The molecule has 1 atom stereocenters. The summed E-state index contributed by atoms with van der Waals surface area (Å²) >= 11 is 7.58. The van der Waals surface area contributed by atoms with E-state index in [-0.39, 0.29) is 23.2 Å². The number of anilines is 2. The van der Waals surface area contributed by atoms with Crippen LogP contribution in [0.25, 0.3) is 10.2 Å². The second-order valence-electron chi connectivity index (χ2n) is 7.60. The van der Waals surface area contributed by atoms with Gasteiger partial charge in [0.1, 0.15) is 15.5 Å². The quantitative estimate of drug-likeness (QED) is 0.413. The topological polar surface area (TPSA) is 55.3 Å². The van der Waals surface area contributed by atoms with Crippen molar-refractivity contribution in [2.75, 3.05) is 11.5 Å². The fourth-order valence-corrected chi connectivity index (χ4v) is 4.94. The van der Waals surface area contributed by atoms with Gasteiger partial charge >= 0.3 is 5.97 Å². The van der Waals surface area contributed by atoms with Crippen LogP contribution >= 0.6 is 22.9 Å². The number of fused-ring (bicyclic) bond motifs is 2. The molecule has 0 fully saturated rings. The molecule has 1 aliphatic heterocycles. The first-order valence-corrected chi connectivity index (χ1v) is 10.6. The predicted molar refractivity (Wildman–Crippen MR) is 114 cm³/mol. The molecule has 1 unspecified atom stereocenters. The molecule has 0 spiro atoms. The first kappa shape index (κ1) is 19.2. The second kappa shape index (κ2) is 7.33. The van der Waals surface area contributed by atoms with Gasteiger partial charge in [0.05, 0.1) is 12.0 Å². The SMILES string of the molecule is Cc1c(C(=O)OCC(C)C)sc2nc(Cl)nc(N3c4ccccc4CC3C)c12. The average molecular weight is 416 g/mol. The summed E-state index contributed by atoms with van der Waals surface area (Å²) in [5.41, 5.74) is 3.25. The van der Waals surface area contributed by atoms with E-state index in [2.05, 4.69) is 40.0 Å². The molecule has 0 saturated heterocycles. The third-order valence-corrected chi connectivity index (χ3v) is 6.25. The number of halogens is 1. The number of para-hydroxylation sites is 1. The molecule has 1 aliphatic rings. The maximum Gasteiger partial charge on any atom is 0.348 e. The molecule has 0 bridgehead atoms. The number of benzene rings is 1. The van der Waals surface area contributed by atoms with Gasteiger partial charge < -0.3 is 9.64 Å². The summed E-state index contributed by atoms with van der Waals surface area (Å²) in [6, 6.07) is 8.55. The molecule has 28 heavy (non-hydrogen) atoms. The normalized spacial score (nSPS) is 16.1. The zero-order valence-corrected chi connectivity index (χ0v) is 17.9. The third-order valence-electron chi connectivity index (χ3n) is 4.91. The maximum absolute atomic E-state index is 12.6. The van der Waals surface area contributed by atoms with Crippen LogP contribution in [0.1, 0.15) is 41.6 Å². The Hall–Kier alpha value is -2.18. The highest BCUT2D eigenvalue weighted by molar-refractivity contribution is 7.20. The largest absolute Gasteiger partial charge is 0.461 e. The molecule has 3 aromatic rings. The first-order valence-electron chi connectivity index (χ1n) is 9.37. The van der Waals surface area contributed by atoms with Gasteiger partial charge in [-0.2, -0.15) is 4.98 Å². The number of aromatic nitrogens is 2. The van der Waals surface area contributed by atoms with Crippen molar-refractivity contribution < 1.29 is 9.53 Å². The molecule has 5 nitrogen and oxygen atoms in total. The summed E-state index contributed by atoms with van der Waals surface area (Å²) in [5.74, 6) is 0.723. The molecule has 3 heterocycles. The summed E-state index contributed by atoms with van der Waals surface area (Å²) in [5, 5.41) is 1.05. The molecule has 0 aliphatic carbocycles. The molecule has 1 aromatic carbocycles. The van der Waals surface area contributed by atoms with Crippen molar-refractivity contribution in [3.05, 3.63) is 45.6 Å². The Labute approximate surface area is 173 Å². The summed E-state index contributed by atoms with van der Waals surface area (Å²) in [7, 11) is 0. The van der Waals surface area contributed by atoms with Crippen molar-refractivity contribution >= 4 is 50.6 Å². The molecule has 0 amide bonds. The van der Waals surface area contributed by atoms with Crippen LogP contribution in [0, 0.1) is 12.8 Å². The molecule has 2 aromatic heterocycles. The van der Waals surface area contributed by atoms with Gasteiger partial charge in [-0.1, -0.05) is 32.0 Å². The van der Waals surface area contributed by atoms with Crippen LogP contribution in [0.3, 0.4) is 0 Å². The lowest BCUT2D eigenvalue weighted by Crippen LogP contribution is -2.25. The highest BCUT2D eigenvalue weighted by Gasteiger charge is 2.31. The van der Waals surface area contributed by atoms with Gasteiger partial charge in [-0.15, -0.1) is 11.3 Å². The lowest BCUT2D eigenvalue weighted by molar-refractivity contribution is 0.0464. The van der Waals surface area contributed by atoms with Crippen molar-refractivity contribution in [2.24, 2.45) is 5.92 Å². The second-order valence-corrected chi connectivity index (χ2v) is 8.93. The average Bonchev–Trinajstić information content (AvgIpc) is 3.15. The number of rotatable bonds is 4. The zero-order chi connectivity index (χ0) is 20.0. The number of aryl methyl sites for hydroxylation is 1. The van der Waals surface area contributed by atoms with Crippen LogP contribution in [0.15, 0.2) is 24.3 Å². The smallest absolute Gasteiger partial charge is 0.348 e. The van der Waals surface area contributed by atoms with Crippen molar-refractivity contribution in [1.82, 2.24) is 9.97 Å². The highest BCUT2D eigenvalue weighted by Crippen LogP contribution is 2.43. The standard InChI is InChI=1S/C21H22ClN3O2S/c1-11(2)10-27-20(26)17-13(4)16-18(23-21(22)24-19(16)28-17)25-12(3)9-14-7-5-6-8-15(14)25/h5-8,11-12H,9-10H2,1-4H3. The van der Waals surface area contributed by atoms with E-state index in [1.54, 1.807) is 0 Å². The van der Waals surface area contributed by atoms with Crippen molar-refractivity contribution in [3.63, 3.8) is 0 Å². The van der Waals surface area contributed by atoms with Crippen LogP contribution in [0.4, 0.5) is 11.5 Å². The Bertz CT molecular complexity index is 1060. The molecule has 0 N–H and O–H groups in total. The van der Waals surface area contributed by atoms with Gasteiger partial charge in [0.2, 0.25) is 5.28 Å². The number of esters is 1. The summed E-state index contributed by atoms with van der Waals surface area (Å²) < 4.78 is 5.45. The molecular weight excluding hydrogens is 394 g/mol. The number of ether oxygens (including phenoxy) is 1. The van der Waals surface area contributed by atoms with Crippen LogP contribution < -0.4 is 4.90 Å². The maximum atomic E-state index is 12.6. The lowest BCUT2D eigenvalue weighted by atomic mass is 10.1. The van der Waals surface area contributed by atoms with Crippen LogP contribution in [-0.2, 0) is 11.2 Å². The zero-order valence-electron chi connectivity index (χ0n) is 16.3. The Morgan fingerprint density at radius 3 is 2.86 bits per heavy atom. The Morgan fingerprint density at radius 2 is 2.11 bits per heavy atom. The van der Waals surface area contributed by atoms with Gasteiger partial charge in [-0.3, -0.25) is 0 Å². The van der Waals surface area contributed by atoms with E-state index in [4.69, 9.17) is 16.3 Å². The first-order chi connectivity index (χ1) is 13.4. The van der Waals surface area contributed by atoms with Gasteiger partial charge in [0, 0.05) is 11.7 Å². The lowest BCUT2D eigenvalue weighted by Gasteiger charge is -2.24. The molecule has 0 radical (unpaired) electrons. The number of carbonyl (C=O) groups is 1. The molecule has 4 rings (SSSR count). The molecule has 7 heteroatoms. The minimum atomic E-state index is -0.314. The number of hydrogen-bond acceptors (Lipinski definition) is 6. The third kappa shape index (κ3) is 3.25. The van der Waals surface area contributed by atoms with Crippen molar-refractivity contribution in [3.8, 4) is 0 Å². The van der Waals surface area contributed by atoms with Gasteiger partial charge in [-0.25, -0.2) is 9.78 Å². The van der Waals surface area contributed by atoms with Gasteiger partial charge in [0.15, 0.2) is 0 Å². The summed E-state index contributed by atoms with van der Waals surface area (Å²) in [6.45, 7) is 8.52. The fraction of sp³-hybridized carbons (Fsp3) is 0.381. The number of carbonyl (C=O) groups excluding carboxylic acids is 1. The van der Waals surface area contributed by atoms with Gasteiger partial charge in [0.25, 0.3) is 0 Å². The van der Waals surface area contributed by atoms with E-state index in [1.807, 2.05) is 26.8 Å². The summed E-state index contributed by atoms with van der Waals surface area (Å²) in [6.07, 6.45) is 0.936. The van der Waals surface area contributed by atoms with Crippen molar-refractivity contribution in [2.45, 2.75) is 40.2 Å². The number of nitrogens with zero attached hydrogens (tertiary/aromatic N) is 3. The monoisotopic (exact) mass is 415 g/mol. The van der Waals surface area contributed by atoms with E-state index in [1.165, 1.54) is 16.9 Å². The minimum absolute atomic E-state index is 0.183. The van der Waals surface area contributed by atoms with E-state index in [9.17, 15) is 4.79 Å². The van der Waals surface area contributed by atoms with Gasteiger partial charge in [-0.05, 0) is 55.0 Å². The van der Waals surface area contributed by atoms with Crippen LogP contribution in [0.5, 0.6) is 0 Å². The van der Waals surface area contributed by atoms with E-state index in [0.29, 0.717) is 16.3 Å². The number of hydrogen-bond donors (Lipinski definition) is 0. The van der Waals surface area contributed by atoms with E-state index in [0.717, 1.165) is 28.9 Å². The van der Waals surface area contributed by atoms with E-state index < -0.39 is 0 Å². The van der Waals surface area contributed by atoms with E-state index >= 15 is 0 Å². The van der Waals surface area contributed by atoms with Crippen molar-refractivity contribution in [1.29, 1.82) is 0 Å². The Balaban J connectivity index is 1.85. The Morgan fingerprint density at radius 1 is 1.36 bits per heavy atom. The highest BCUT2D eigenvalue weighted by atomic mass is 35.5. The Kier molecular flexibility index (Phi) is 5.02. The molecule has 0 saturated carbocycles. The predicted octanol–water partition coefficient (Wildman–Crippen LogP) is 5.55. The van der Waals surface area contributed by atoms with Crippen LogP contribution in [0.2, 0.25) is 5.28 Å². The molecular formula is C21H22ClN3O2S.